The molecule has 7 nitrogen and oxygen atoms in total. The Morgan fingerprint density at radius 3 is 2.23 bits per heavy atom. The van der Waals surface area contributed by atoms with Crippen LogP contribution in [0, 0.1) is 0 Å². The minimum atomic E-state index is -4.07. The SMILES string of the molecule is CCC(NC(=O)CN(c1ccc(Cl)c(Cl)c1)S(=O)(=O)c1ccccc1)c1ccc(OC)c(OC)c1. The number of ether oxygens (including phenoxy) is 2. The van der Waals surface area contributed by atoms with Crippen molar-refractivity contribution in [2.24, 2.45) is 0 Å². The molecule has 35 heavy (non-hydrogen) atoms. The Bertz CT molecular complexity index is 1290. The van der Waals surface area contributed by atoms with E-state index in [1.165, 1.54) is 37.4 Å². The van der Waals surface area contributed by atoms with Crippen LogP contribution >= 0.6 is 23.2 Å². The van der Waals surface area contributed by atoms with Gasteiger partial charge in [0, 0.05) is 0 Å². The van der Waals surface area contributed by atoms with E-state index in [4.69, 9.17) is 32.7 Å². The maximum Gasteiger partial charge on any atom is 0.264 e. The first-order valence-corrected chi connectivity index (χ1v) is 12.9. The Hall–Kier alpha value is -2.94. The van der Waals surface area contributed by atoms with Gasteiger partial charge >= 0.3 is 0 Å². The van der Waals surface area contributed by atoms with Crippen LogP contribution in [-0.2, 0) is 14.8 Å². The Morgan fingerprint density at radius 1 is 0.943 bits per heavy atom. The molecule has 0 aliphatic rings. The predicted octanol–water partition coefficient (Wildman–Crippen LogP) is 5.47. The van der Waals surface area contributed by atoms with Gasteiger partial charge in [-0.25, -0.2) is 8.42 Å². The molecule has 0 saturated heterocycles. The van der Waals surface area contributed by atoms with Crippen LogP contribution in [0.5, 0.6) is 11.5 Å². The minimum absolute atomic E-state index is 0.0470. The highest BCUT2D eigenvalue weighted by atomic mass is 35.5. The highest BCUT2D eigenvalue weighted by molar-refractivity contribution is 7.92. The van der Waals surface area contributed by atoms with Crippen LogP contribution in [0.1, 0.15) is 24.9 Å². The molecule has 0 heterocycles. The number of carbonyl (C=O) groups excluding carboxylic acids is 1. The first-order valence-electron chi connectivity index (χ1n) is 10.7. The maximum atomic E-state index is 13.5. The summed E-state index contributed by atoms with van der Waals surface area (Å²) < 4.78 is 38.6. The molecule has 3 aromatic carbocycles. The van der Waals surface area contributed by atoms with E-state index in [0.29, 0.717) is 17.9 Å². The molecular weight excluding hydrogens is 511 g/mol. The van der Waals surface area contributed by atoms with Crippen molar-refractivity contribution in [1.82, 2.24) is 5.32 Å². The number of hydrogen-bond donors (Lipinski definition) is 1. The van der Waals surface area contributed by atoms with Gasteiger partial charge in [0.1, 0.15) is 6.54 Å². The Balaban J connectivity index is 1.92. The second-order valence-corrected chi connectivity index (χ2v) is 10.2. The predicted molar refractivity (Wildman–Crippen MR) is 138 cm³/mol. The number of methoxy groups -OCH3 is 2. The molecule has 0 aliphatic heterocycles. The van der Waals surface area contributed by atoms with Crippen molar-refractivity contribution in [3.63, 3.8) is 0 Å². The molecular formula is C25H26Cl2N2O5S. The number of halogens is 2. The number of sulfonamides is 1. The van der Waals surface area contributed by atoms with Crippen molar-refractivity contribution < 1.29 is 22.7 Å². The molecule has 0 saturated carbocycles. The fourth-order valence-corrected chi connectivity index (χ4v) is 5.26. The fraction of sp³-hybridized carbons (Fsp3) is 0.240. The van der Waals surface area contributed by atoms with E-state index in [2.05, 4.69) is 5.32 Å². The monoisotopic (exact) mass is 536 g/mol. The van der Waals surface area contributed by atoms with Gasteiger partial charge in [0.05, 0.1) is 40.9 Å². The zero-order valence-electron chi connectivity index (χ0n) is 19.5. The summed E-state index contributed by atoms with van der Waals surface area (Å²) >= 11 is 12.2. The van der Waals surface area contributed by atoms with Gasteiger partial charge in [-0.1, -0.05) is 54.4 Å². The second-order valence-electron chi connectivity index (χ2n) is 7.57. The van der Waals surface area contributed by atoms with Gasteiger partial charge in [-0.2, -0.15) is 0 Å². The molecule has 1 atom stereocenters. The lowest BCUT2D eigenvalue weighted by Gasteiger charge is -2.26. The van der Waals surface area contributed by atoms with E-state index in [1.54, 1.807) is 37.4 Å². The Labute approximate surface area is 215 Å². The molecule has 1 unspecified atom stereocenters. The lowest BCUT2D eigenvalue weighted by atomic mass is 10.0. The summed E-state index contributed by atoms with van der Waals surface area (Å²) in [6, 6.07) is 17.3. The summed E-state index contributed by atoms with van der Waals surface area (Å²) in [6.07, 6.45) is 0.569. The third-order valence-corrected chi connectivity index (χ3v) is 7.89. The van der Waals surface area contributed by atoms with Crippen LogP contribution in [0.2, 0.25) is 10.0 Å². The van der Waals surface area contributed by atoms with Crippen molar-refractivity contribution in [3.8, 4) is 11.5 Å². The maximum absolute atomic E-state index is 13.5. The molecule has 186 valence electrons. The van der Waals surface area contributed by atoms with E-state index in [9.17, 15) is 13.2 Å². The zero-order valence-corrected chi connectivity index (χ0v) is 21.8. The van der Waals surface area contributed by atoms with Crippen molar-refractivity contribution in [2.75, 3.05) is 25.1 Å². The molecule has 3 aromatic rings. The smallest absolute Gasteiger partial charge is 0.264 e. The third kappa shape index (κ3) is 6.20. The van der Waals surface area contributed by atoms with Crippen LogP contribution < -0.4 is 19.1 Å². The molecule has 1 amide bonds. The molecule has 10 heteroatoms. The lowest BCUT2D eigenvalue weighted by Crippen LogP contribution is -2.42. The van der Waals surface area contributed by atoms with Gasteiger partial charge in [0.15, 0.2) is 11.5 Å². The number of rotatable bonds is 10. The highest BCUT2D eigenvalue weighted by Crippen LogP contribution is 2.32. The largest absolute Gasteiger partial charge is 0.493 e. The van der Waals surface area contributed by atoms with Crippen molar-refractivity contribution in [3.05, 3.63) is 82.3 Å². The quantitative estimate of drug-likeness (QED) is 0.371. The van der Waals surface area contributed by atoms with Crippen LogP contribution in [0.15, 0.2) is 71.6 Å². The summed E-state index contributed by atoms with van der Waals surface area (Å²) in [5, 5.41) is 3.37. The summed E-state index contributed by atoms with van der Waals surface area (Å²) in [6.45, 7) is 1.46. The van der Waals surface area contributed by atoms with Gasteiger partial charge in [0.2, 0.25) is 5.91 Å². The molecule has 0 aliphatic carbocycles. The number of carbonyl (C=O) groups is 1. The van der Waals surface area contributed by atoms with Crippen molar-refractivity contribution in [2.45, 2.75) is 24.3 Å². The van der Waals surface area contributed by atoms with E-state index < -0.39 is 22.5 Å². The van der Waals surface area contributed by atoms with Gasteiger partial charge in [0.25, 0.3) is 10.0 Å². The molecule has 0 spiro atoms. The van der Waals surface area contributed by atoms with Gasteiger partial charge in [-0.15, -0.1) is 0 Å². The first kappa shape index (κ1) is 26.7. The number of anilines is 1. The minimum Gasteiger partial charge on any atom is -0.493 e. The van der Waals surface area contributed by atoms with Crippen molar-refractivity contribution in [1.29, 1.82) is 0 Å². The summed E-state index contributed by atoms with van der Waals surface area (Å²) in [5.74, 6) is 0.608. The standard InChI is InChI=1S/C25H26Cl2N2O5S/c1-4-22(17-10-13-23(33-2)24(14-17)34-3)28-25(30)16-29(18-11-12-20(26)21(27)15-18)35(31,32)19-8-6-5-7-9-19/h5-15,22H,4,16H2,1-3H3,(H,28,30). The first-order chi connectivity index (χ1) is 16.7. The van der Waals surface area contributed by atoms with Gasteiger partial charge in [-0.05, 0) is 54.4 Å². The average Bonchev–Trinajstić information content (AvgIpc) is 2.87. The topological polar surface area (TPSA) is 84.9 Å². The van der Waals surface area contributed by atoms with E-state index in [-0.39, 0.29) is 26.7 Å². The highest BCUT2D eigenvalue weighted by Gasteiger charge is 2.28. The summed E-state index contributed by atoms with van der Waals surface area (Å²) in [5.41, 5.74) is 1.02. The van der Waals surface area contributed by atoms with Crippen LogP contribution in [0.25, 0.3) is 0 Å². The number of nitrogens with zero attached hydrogens (tertiary/aromatic N) is 1. The summed E-state index contributed by atoms with van der Waals surface area (Å²) in [4.78, 5) is 13.2. The molecule has 1 N–H and O–H groups in total. The third-order valence-electron chi connectivity index (χ3n) is 5.36. The van der Waals surface area contributed by atoms with E-state index in [0.717, 1.165) is 9.87 Å². The van der Waals surface area contributed by atoms with Crippen molar-refractivity contribution >= 4 is 44.8 Å². The Morgan fingerprint density at radius 2 is 1.63 bits per heavy atom. The molecule has 0 aromatic heterocycles. The second kappa shape index (κ2) is 11.7. The zero-order chi connectivity index (χ0) is 25.6. The van der Waals surface area contributed by atoms with Gasteiger partial charge in [-0.3, -0.25) is 9.10 Å². The lowest BCUT2D eigenvalue weighted by molar-refractivity contribution is -0.120. The molecule has 0 bridgehead atoms. The number of benzene rings is 3. The van der Waals surface area contributed by atoms with E-state index >= 15 is 0 Å². The molecule has 0 radical (unpaired) electrons. The normalized spacial score (nSPS) is 12.0. The summed E-state index contributed by atoms with van der Waals surface area (Å²) in [7, 11) is -0.996. The van der Waals surface area contributed by atoms with Crippen LogP contribution in [-0.4, -0.2) is 35.1 Å². The Kier molecular flexibility index (Phi) is 8.88. The molecule has 3 rings (SSSR count). The average molecular weight is 537 g/mol. The van der Waals surface area contributed by atoms with Gasteiger partial charge < -0.3 is 14.8 Å². The van der Waals surface area contributed by atoms with E-state index in [1.807, 2.05) is 13.0 Å². The van der Waals surface area contributed by atoms with Crippen LogP contribution in [0.3, 0.4) is 0 Å². The number of hydrogen-bond acceptors (Lipinski definition) is 5. The number of nitrogens with one attached hydrogen (secondary N) is 1. The number of amides is 1. The fourth-order valence-electron chi connectivity index (χ4n) is 3.54. The molecule has 0 fully saturated rings. The van der Waals surface area contributed by atoms with Crippen LogP contribution in [0.4, 0.5) is 5.69 Å².